The van der Waals surface area contributed by atoms with Crippen molar-refractivity contribution in [3.05, 3.63) is 46.8 Å². The zero-order chi connectivity index (χ0) is 23.4. The van der Waals surface area contributed by atoms with Crippen molar-refractivity contribution in [1.82, 2.24) is 0 Å². The fraction of sp³-hybridized carbons (Fsp3) is 0.368. The molecule has 0 heterocycles. The van der Waals surface area contributed by atoms with Gasteiger partial charge in [-0.3, -0.25) is 0 Å². The summed E-state index contributed by atoms with van der Waals surface area (Å²) in [5.74, 6) is -1.77. The van der Waals surface area contributed by atoms with Crippen molar-refractivity contribution in [2.24, 2.45) is 0 Å². The molecule has 0 spiro atoms. The normalized spacial score (nSPS) is 11.9. The first-order valence-corrected chi connectivity index (χ1v) is 12.5. The van der Waals surface area contributed by atoms with Gasteiger partial charge in [0, 0.05) is 10.9 Å². The SMILES string of the molecule is BrC(Br)(Br)Br.COc1c(-c2ccc(C(F)(F)F)cc2CBr)cc(C(C)C)c(F)c1O. The van der Waals surface area contributed by atoms with E-state index >= 15 is 0 Å². The van der Waals surface area contributed by atoms with Gasteiger partial charge in [-0.25, -0.2) is 4.39 Å². The second-order valence-electron chi connectivity index (χ2n) is 6.30. The maximum Gasteiger partial charge on any atom is 0.416 e. The van der Waals surface area contributed by atoms with E-state index in [1.54, 1.807) is 13.8 Å². The van der Waals surface area contributed by atoms with E-state index in [4.69, 9.17) is 4.74 Å². The van der Waals surface area contributed by atoms with Gasteiger partial charge < -0.3 is 9.84 Å². The Balaban J connectivity index is 0.000000804. The van der Waals surface area contributed by atoms with Gasteiger partial charge in [0.25, 0.3) is 0 Å². The van der Waals surface area contributed by atoms with Crippen LogP contribution in [0.3, 0.4) is 0 Å². The standard InChI is InChI=1S/C18H17BrF4O2.CBr4/c1-9(2)13-7-14(17(25-3)16(24)15(13)20)12-5-4-11(18(21,22)23)6-10(12)8-19;2-1(3,4)5/h4-7,9,24H,8H2,1-3H3;. The predicted molar refractivity (Wildman–Crippen MR) is 130 cm³/mol. The minimum absolute atomic E-state index is 0.108. The molecule has 0 radical (unpaired) electrons. The lowest BCUT2D eigenvalue weighted by Gasteiger charge is -2.19. The molecule has 0 saturated heterocycles. The zero-order valence-corrected chi connectivity index (χ0v) is 23.8. The smallest absolute Gasteiger partial charge is 0.416 e. The highest BCUT2D eigenvalue weighted by Crippen LogP contribution is 2.45. The second kappa shape index (κ2) is 11.3. The van der Waals surface area contributed by atoms with Crippen molar-refractivity contribution < 1.29 is 27.4 Å². The molecule has 2 aromatic rings. The number of hydrogen-bond donors (Lipinski definition) is 1. The fourth-order valence-corrected chi connectivity index (χ4v) is 3.08. The highest BCUT2D eigenvalue weighted by molar-refractivity contribution is 9.52. The minimum Gasteiger partial charge on any atom is -0.502 e. The van der Waals surface area contributed by atoms with Gasteiger partial charge in [-0.05, 0) is 105 Å². The average molecular weight is 753 g/mol. The van der Waals surface area contributed by atoms with Gasteiger partial charge in [-0.1, -0.05) is 35.8 Å². The molecule has 168 valence electrons. The summed E-state index contributed by atoms with van der Waals surface area (Å²) in [6.45, 7) is 3.51. The van der Waals surface area contributed by atoms with Gasteiger partial charge in [0.1, 0.15) is 0 Å². The monoisotopic (exact) mass is 748 g/mol. The maximum absolute atomic E-state index is 14.3. The lowest BCUT2D eigenvalue weighted by molar-refractivity contribution is -0.137. The molecule has 0 fully saturated rings. The molecule has 0 unspecified atom stereocenters. The molecule has 11 heteroatoms. The number of aromatic hydroxyl groups is 1. The lowest BCUT2D eigenvalue weighted by atomic mass is 9.92. The van der Waals surface area contributed by atoms with Crippen LogP contribution in [0.1, 0.15) is 36.5 Å². The van der Waals surface area contributed by atoms with Crippen molar-refractivity contribution in [1.29, 1.82) is 0 Å². The van der Waals surface area contributed by atoms with E-state index in [0.29, 0.717) is 16.7 Å². The highest BCUT2D eigenvalue weighted by Gasteiger charge is 2.31. The van der Waals surface area contributed by atoms with Crippen molar-refractivity contribution >= 4 is 79.6 Å². The van der Waals surface area contributed by atoms with E-state index in [1.165, 1.54) is 19.2 Å². The van der Waals surface area contributed by atoms with Crippen molar-refractivity contribution in [2.45, 2.75) is 32.3 Å². The summed E-state index contributed by atoms with van der Waals surface area (Å²) in [7, 11) is 1.27. The largest absolute Gasteiger partial charge is 0.502 e. The third kappa shape index (κ3) is 7.94. The molecule has 0 aliphatic rings. The summed E-state index contributed by atoms with van der Waals surface area (Å²) in [4.78, 5) is 0. The molecule has 0 aliphatic heterocycles. The second-order valence-corrected chi connectivity index (χ2v) is 18.0. The third-order valence-electron chi connectivity index (χ3n) is 3.91. The number of hydrogen-bond acceptors (Lipinski definition) is 2. The van der Waals surface area contributed by atoms with Gasteiger partial charge in [0.05, 0.1) is 12.7 Å². The number of rotatable bonds is 4. The van der Waals surface area contributed by atoms with E-state index < -0.39 is 23.3 Å². The fourth-order valence-electron chi connectivity index (χ4n) is 2.62. The Morgan fingerprint density at radius 2 is 1.57 bits per heavy atom. The Labute approximate surface area is 214 Å². The van der Waals surface area contributed by atoms with Crippen LogP contribution in [0.25, 0.3) is 11.1 Å². The van der Waals surface area contributed by atoms with Crippen molar-refractivity contribution in [2.75, 3.05) is 7.11 Å². The first kappa shape index (κ1) is 28.2. The van der Waals surface area contributed by atoms with Crippen LogP contribution < -0.4 is 4.74 Å². The molecule has 0 amide bonds. The molecule has 30 heavy (non-hydrogen) atoms. The lowest BCUT2D eigenvalue weighted by Crippen LogP contribution is -2.06. The number of phenols is 1. The molecule has 0 bridgehead atoms. The summed E-state index contributed by atoms with van der Waals surface area (Å²) in [5, 5.41) is 10.3. The third-order valence-corrected chi connectivity index (χ3v) is 4.52. The first-order chi connectivity index (χ1) is 13.6. The molecular weight excluding hydrogens is 736 g/mol. The molecule has 1 N–H and O–H groups in total. The Bertz CT molecular complexity index is 875. The molecular formula is C19H17Br5F4O2. The topological polar surface area (TPSA) is 29.5 Å². The predicted octanol–water partition coefficient (Wildman–Crippen LogP) is 9.42. The molecule has 0 atom stereocenters. The van der Waals surface area contributed by atoms with Crippen molar-refractivity contribution in [3.8, 4) is 22.6 Å². The van der Waals surface area contributed by atoms with Gasteiger partial charge >= 0.3 is 6.18 Å². The molecule has 2 aromatic carbocycles. The highest BCUT2D eigenvalue weighted by atomic mass is 80.0. The average Bonchev–Trinajstić information content (AvgIpc) is 2.60. The van der Waals surface area contributed by atoms with Crippen LogP contribution in [-0.4, -0.2) is 13.3 Å². The zero-order valence-electron chi connectivity index (χ0n) is 15.9. The number of alkyl halides is 8. The summed E-state index contributed by atoms with van der Waals surface area (Å²) < 4.78 is 58.0. The van der Waals surface area contributed by atoms with Gasteiger partial charge in [0.2, 0.25) is 0 Å². The number of benzene rings is 2. The number of ether oxygens (including phenoxy) is 1. The van der Waals surface area contributed by atoms with E-state index in [-0.39, 0.29) is 23.6 Å². The van der Waals surface area contributed by atoms with E-state index in [1.807, 2.05) is 0 Å². The van der Waals surface area contributed by atoms with Gasteiger partial charge in [-0.15, -0.1) is 0 Å². The first-order valence-electron chi connectivity index (χ1n) is 8.23. The van der Waals surface area contributed by atoms with E-state index in [9.17, 15) is 22.7 Å². The quantitative estimate of drug-likeness (QED) is 0.249. The Kier molecular flexibility index (Phi) is 10.7. The van der Waals surface area contributed by atoms with Crippen LogP contribution >= 0.6 is 79.6 Å². The van der Waals surface area contributed by atoms with Gasteiger partial charge in [-0.2, -0.15) is 13.2 Å². The molecule has 0 aliphatic carbocycles. The Hall–Kier alpha value is 0.160. The van der Waals surface area contributed by atoms with Crippen LogP contribution in [0.4, 0.5) is 17.6 Å². The Morgan fingerprint density at radius 3 is 1.97 bits per heavy atom. The minimum atomic E-state index is -4.46. The van der Waals surface area contributed by atoms with E-state index in [0.717, 1.165) is 12.1 Å². The molecule has 0 saturated carbocycles. The molecule has 0 aromatic heterocycles. The summed E-state index contributed by atoms with van der Waals surface area (Å²) in [6.07, 6.45) is -4.46. The van der Waals surface area contributed by atoms with Crippen molar-refractivity contribution in [3.63, 3.8) is 0 Å². The van der Waals surface area contributed by atoms with Gasteiger partial charge in [0.15, 0.2) is 18.4 Å². The van der Waals surface area contributed by atoms with Crippen LogP contribution in [0.5, 0.6) is 11.5 Å². The van der Waals surface area contributed by atoms with Crippen LogP contribution in [-0.2, 0) is 11.5 Å². The number of methoxy groups -OCH3 is 1. The molecule has 2 rings (SSSR count). The van der Waals surface area contributed by atoms with Crippen LogP contribution in [0.2, 0.25) is 0 Å². The summed E-state index contributed by atoms with van der Waals surface area (Å²) in [6, 6.07) is 4.79. The number of phenolic OH excluding ortho intramolecular Hbond substituents is 1. The van der Waals surface area contributed by atoms with Crippen LogP contribution in [0.15, 0.2) is 24.3 Å². The van der Waals surface area contributed by atoms with E-state index in [2.05, 4.69) is 79.6 Å². The number of halogens is 9. The summed E-state index contributed by atoms with van der Waals surface area (Å²) >= 11 is 15.7. The maximum atomic E-state index is 14.3. The van der Waals surface area contributed by atoms with Crippen LogP contribution in [0, 0.1) is 5.82 Å². The Morgan fingerprint density at radius 1 is 1.03 bits per heavy atom. The summed E-state index contributed by atoms with van der Waals surface area (Å²) in [5.41, 5.74) is 0.606. The molecule has 2 nitrogen and oxygen atoms in total.